The van der Waals surface area contributed by atoms with Crippen LogP contribution in [-0.2, 0) is 0 Å². The number of hydroxylamine groups is 2. The molecule has 0 aliphatic rings. The Kier molecular flexibility index (Phi) is 5.48. The Morgan fingerprint density at radius 3 is 1.91 bits per heavy atom. The number of aryl methyl sites for hydroxylation is 1. The van der Waals surface area contributed by atoms with Crippen molar-refractivity contribution in [2.75, 3.05) is 0 Å². The van der Waals surface area contributed by atoms with E-state index in [0.29, 0.717) is 5.92 Å². The largest absolute Gasteiger partial charge is 0.405 e. The first-order chi connectivity index (χ1) is 10.8. The van der Waals surface area contributed by atoms with Crippen LogP contribution in [-0.4, -0.2) is 10.6 Å². The Morgan fingerprint density at radius 1 is 0.870 bits per heavy atom. The van der Waals surface area contributed by atoms with E-state index in [9.17, 15) is 0 Å². The molecule has 1 atom stereocenters. The summed E-state index contributed by atoms with van der Waals surface area (Å²) in [4.78, 5) is 6.35. The van der Waals surface area contributed by atoms with Crippen molar-refractivity contribution in [1.82, 2.24) is 5.06 Å². The summed E-state index contributed by atoms with van der Waals surface area (Å²) >= 11 is 0. The molecule has 2 rings (SSSR count). The predicted molar refractivity (Wildman–Crippen MR) is 97.4 cm³/mol. The van der Waals surface area contributed by atoms with E-state index in [2.05, 4.69) is 89.1 Å². The minimum absolute atomic E-state index is 0.115. The number of nitrogens with zero attached hydrogens (tertiary/aromatic N) is 1. The summed E-state index contributed by atoms with van der Waals surface area (Å²) in [5, 5.41) is 2.14. The third-order valence-electron chi connectivity index (χ3n) is 3.91. The molecular formula is C21H29NO. The van der Waals surface area contributed by atoms with E-state index >= 15 is 0 Å². The molecule has 2 heteroatoms. The van der Waals surface area contributed by atoms with Crippen LogP contribution >= 0.6 is 0 Å². The summed E-state index contributed by atoms with van der Waals surface area (Å²) in [6, 6.07) is 19.1. The van der Waals surface area contributed by atoms with Crippen LogP contribution < -0.4 is 4.84 Å². The minimum Gasteiger partial charge on any atom is -0.405 e. The molecule has 0 saturated heterocycles. The highest BCUT2D eigenvalue weighted by atomic mass is 16.7. The second kappa shape index (κ2) is 7.18. The van der Waals surface area contributed by atoms with E-state index in [-0.39, 0.29) is 11.6 Å². The second-order valence-electron chi connectivity index (χ2n) is 7.50. The summed E-state index contributed by atoms with van der Waals surface area (Å²) in [6.07, 6.45) is 0. The van der Waals surface area contributed by atoms with Gasteiger partial charge in [0.15, 0.2) is 0 Å². The van der Waals surface area contributed by atoms with Gasteiger partial charge in [0.25, 0.3) is 0 Å². The van der Waals surface area contributed by atoms with Crippen molar-refractivity contribution >= 4 is 0 Å². The first kappa shape index (κ1) is 17.6. The van der Waals surface area contributed by atoms with E-state index in [1.54, 1.807) is 0 Å². The Morgan fingerprint density at radius 2 is 1.43 bits per heavy atom. The summed E-state index contributed by atoms with van der Waals surface area (Å²) in [6.45, 7) is 13.2. The maximum Gasteiger partial charge on any atom is 0.147 e. The lowest BCUT2D eigenvalue weighted by Crippen LogP contribution is -2.47. The molecule has 0 aromatic heterocycles. The number of rotatable bonds is 5. The molecule has 0 radical (unpaired) electrons. The summed E-state index contributed by atoms with van der Waals surface area (Å²) in [5.74, 6) is 1.31. The Labute approximate surface area is 141 Å². The van der Waals surface area contributed by atoms with Gasteiger partial charge in [-0.05, 0) is 51.3 Å². The zero-order valence-corrected chi connectivity index (χ0v) is 15.2. The van der Waals surface area contributed by atoms with Gasteiger partial charge < -0.3 is 4.84 Å². The van der Waals surface area contributed by atoms with Crippen LogP contribution in [0, 0.1) is 12.8 Å². The van der Waals surface area contributed by atoms with Gasteiger partial charge in [0.05, 0.1) is 6.04 Å². The maximum atomic E-state index is 6.35. The van der Waals surface area contributed by atoms with Gasteiger partial charge in [-0.2, -0.15) is 0 Å². The monoisotopic (exact) mass is 311 g/mol. The lowest BCUT2D eigenvalue weighted by atomic mass is 9.92. The molecule has 0 aliphatic heterocycles. The molecule has 0 amide bonds. The SMILES string of the molecule is Cc1ccc(ON(C(c2ccccc2)C(C)C)C(C)(C)C)cc1. The standard InChI is InChI=1S/C21H29NO/c1-16(2)20(18-10-8-7-9-11-18)22(21(4,5)6)23-19-14-12-17(3)13-15-19/h7-16,20H,1-6H3. The third-order valence-corrected chi connectivity index (χ3v) is 3.91. The van der Waals surface area contributed by atoms with Gasteiger partial charge in [-0.25, -0.2) is 0 Å². The van der Waals surface area contributed by atoms with Crippen molar-refractivity contribution in [2.24, 2.45) is 5.92 Å². The van der Waals surface area contributed by atoms with Crippen LogP contribution in [0.3, 0.4) is 0 Å². The van der Waals surface area contributed by atoms with Gasteiger partial charge >= 0.3 is 0 Å². The first-order valence-electron chi connectivity index (χ1n) is 8.38. The summed E-state index contributed by atoms with van der Waals surface area (Å²) in [7, 11) is 0. The van der Waals surface area contributed by atoms with Crippen molar-refractivity contribution in [3.63, 3.8) is 0 Å². The zero-order chi connectivity index (χ0) is 17.0. The minimum atomic E-state index is -0.115. The van der Waals surface area contributed by atoms with Crippen molar-refractivity contribution in [3.05, 3.63) is 65.7 Å². The first-order valence-corrected chi connectivity index (χ1v) is 8.38. The van der Waals surface area contributed by atoms with E-state index in [0.717, 1.165) is 5.75 Å². The average Bonchev–Trinajstić information content (AvgIpc) is 2.48. The average molecular weight is 311 g/mol. The molecule has 0 heterocycles. The van der Waals surface area contributed by atoms with Crippen LogP contribution in [0.2, 0.25) is 0 Å². The Hall–Kier alpha value is -1.80. The lowest BCUT2D eigenvalue weighted by Gasteiger charge is -2.42. The van der Waals surface area contributed by atoms with E-state index in [1.165, 1.54) is 11.1 Å². The smallest absolute Gasteiger partial charge is 0.147 e. The van der Waals surface area contributed by atoms with Gasteiger partial charge in [0.2, 0.25) is 0 Å². The second-order valence-corrected chi connectivity index (χ2v) is 7.50. The molecule has 0 bridgehead atoms. The lowest BCUT2D eigenvalue weighted by molar-refractivity contribution is -0.171. The molecule has 2 aromatic carbocycles. The molecule has 0 spiro atoms. The van der Waals surface area contributed by atoms with Gasteiger partial charge in [0.1, 0.15) is 5.75 Å². The van der Waals surface area contributed by atoms with Gasteiger partial charge in [-0.15, -0.1) is 5.06 Å². The molecule has 1 unspecified atom stereocenters. The highest BCUT2D eigenvalue weighted by Crippen LogP contribution is 2.35. The molecule has 2 nitrogen and oxygen atoms in total. The summed E-state index contributed by atoms with van der Waals surface area (Å²) < 4.78 is 0. The van der Waals surface area contributed by atoms with Crippen LogP contribution in [0.1, 0.15) is 51.8 Å². The van der Waals surface area contributed by atoms with Crippen LogP contribution in [0.15, 0.2) is 54.6 Å². The van der Waals surface area contributed by atoms with Crippen molar-refractivity contribution in [3.8, 4) is 5.75 Å². The molecule has 2 aromatic rings. The van der Waals surface area contributed by atoms with Gasteiger partial charge in [-0.3, -0.25) is 0 Å². The van der Waals surface area contributed by atoms with Crippen molar-refractivity contribution in [2.45, 2.75) is 53.1 Å². The number of hydrogen-bond acceptors (Lipinski definition) is 2. The van der Waals surface area contributed by atoms with Crippen LogP contribution in [0.5, 0.6) is 5.75 Å². The molecule has 0 fully saturated rings. The highest BCUT2D eigenvalue weighted by molar-refractivity contribution is 5.26. The number of benzene rings is 2. The highest BCUT2D eigenvalue weighted by Gasteiger charge is 2.34. The van der Waals surface area contributed by atoms with Gasteiger partial charge in [-0.1, -0.05) is 61.9 Å². The third kappa shape index (κ3) is 4.59. The summed E-state index contributed by atoms with van der Waals surface area (Å²) in [5.41, 5.74) is 2.41. The molecular weight excluding hydrogens is 282 g/mol. The molecule has 0 aliphatic carbocycles. The predicted octanol–water partition coefficient (Wildman–Crippen LogP) is 5.79. The van der Waals surface area contributed by atoms with Gasteiger partial charge in [0, 0.05) is 5.54 Å². The molecule has 0 N–H and O–H groups in total. The Balaban J connectivity index is 2.37. The molecule has 23 heavy (non-hydrogen) atoms. The normalized spacial score (nSPS) is 13.4. The fourth-order valence-corrected chi connectivity index (χ4v) is 2.76. The Bertz CT molecular complexity index is 596. The van der Waals surface area contributed by atoms with E-state index < -0.39 is 0 Å². The van der Waals surface area contributed by atoms with Crippen molar-refractivity contribution < 1.29 is 4.84 Å². The van der Waals surface area contributed by atoms with Crippen LogP contribution in [0.4, 0.5) is 0 Å². The van der Waals surface area contributed by atoms with Crippen molar-refractivity contribution in [1.29, 1.82) is 0 Å². The van der Waals surface area contributed by atoms with Crippen LogP contribution in [0.25, 0.3) is 0 Å². The topological polar surface area (TPSA) is 12.5 Å². The maximum absolute atomic E-state index is 6.35. The van der Waals surface area contributed by atoms with E-state index in [4.69, 9.17) is 4.84 Å². The quantitative estimate of drug-likeness (QED) is 0.648. The molecule has 0 saturated carbocycles. The molecule has 124 valence electrons. The zero-order valence-electron chi connectivity index (χ0n) is 15.2. The number of hydrogen-bond donors (Lipinski definition) is 0. The fourth-order valence-electron chi connectivity index (χ4n) is 2.76. The fraction of sp³-hybridized carbons (Fsp3) is 0.429. The van der Waals surface area contributed by atoms with E-state index in [1.807, 2.05) is 12.1 Å².